The van der Waals surface area contributed by atoms with Crippen molar-refractivity contribution in [2.75, 3.05) is 0 Å². The Balaban J connectivity index is 3.27. The van der Waals surface area contributed by atoms with Gasteiger partial charge in [-0.2, -0.15) is 0 Å². The molecule has 0 aliphatic rings. The van der Waals surface area contributed by atoms with Gasteiger partial charge < -0.3 is 0 Å². The number of rotatable bonds is 2. The Morgan fingerprint density at radius 1 is 1.43 bits per heavy atom. The Kier molecular flexibility index (Phi) is 6.55. The van der Waals surface area contributed by atoms with E-state index in [9.17, 15) is 0 Å². The van der Waals surface area contributed by atoms with Crippen LogP contribution in [-0.2, 0) is 16.2 Å². The average Bonchev–Trinajstić information content (AvgIpc) is 1.69. The molecule has 0 bridgehead atoms. The van der Waals surface area contributed by atoms with Gasteiger partial charge in [-0.25, -0.2) is 0 Å². The van der Waals surface area contributed by atoms with Crippen LogP contribution in [0.4, 0.5) is 0 Å². The third kappa shape index (κ3) is 6.29. The number of hydrogen-bond donors (Lipinski definition) is 0. The van der Waals surface area contributed by atoms with Crippen molar-refractivity contribution in [3.05, 3.63) is 24.8 Å². The van der Waals surface area contributed by atoms with Crippen molar-refractivity contribution in [1.29, 1.82) is 0 Å². The van der Waals surface area contributed by atoms with Crippen LogP contribution in [0.15, 0.2) is 24.8 Å². The first kappa shape index (κ1) is 7.29. The summed E-state index contributed by atoms with van der Waals surface area (Å²) in [5.41, 5.74) is 0. The molecule has 0 radical (unpaired) electrons. The van der Waals surface area contributed by atoms with Gasteiger partial charge >= 0.3 is 55.1 Å². The monoisotopic (exact) mass is 294 g/mol. The van der Waals surface area contributed by atoms with Gasteiger partial charge in [-0.1, -0.05) is 0 Å². The fourth-order valence-electron chi connectivity index (χ4n) is 0.140. The van der Waals surface area contributed by atoms with Crippen LogP contribution in [-0.4, -0.2) is 4.53 Å². The zero-order valence-corrected chi connectivity index (χ0v) is 6.88. The molecule has 0 aliphatic heterocycles. The van der Waals surface area contributed by atoms with E-state index in [4.69, 9.17) is 9.58 Å². The molecule has 0 aliphatic carbocycles. The van der Waals surface area contributed by atoms with Crippen LogP contribution in [0.2, 0.25) is 0 Å². The first-order chi connectivity index (χ1) is 3.41. The Bertz CT molecular complexity index is 94.3. The molecule has 0 rings (SSSR count). The summed E-state index contributed by atoms with van der Waals surface area (Å²) in [6.45, 7) is 3.50. The molecule has 0 amide bonds. The van der Waals surface area contributed by atoms with E-state index in [2.05, 4.69) is 6.58 Å². The maximum absolute atomic E-state index is 5.42. The van der Waals surface area contributed by atoms with E-state index in [0.717, 1.165) is 0 Å². The number of allylic oxidation sites excluding steroid dienone is 3. The zero-order valence-electron chi connectivity index (χ0n) is 3.73. The zero-order chi connectivity index (χ0) is 5.54. The summed E-state index contributed by atoms with van der Waals surface area (Å²) in [4.78, 5) is 0. The summed E-state index contributed by atoms with van der Waals surface area (Å²) in [5, 5.41) is 0. The van der Waals surface area contributed by atoms with Gasteiger partial charge in [0.1, 0.15) is 0 Å². The van der Waals surface area contributed by atoms with Gasteiger partial charge in [0.15, 0.2) is 0 Å². The van der Waals surface area contributed by atoms with Crippen molar-refractivity contribution >= 4 is 14.1 Å². The van der Waals surface area contributed by atoms with Gasteiger partial charge in [-0.15, -0.1) is 0 Å². The minimum absolute atomic E-state index is 0.297. The minimum atomic E-state index is -0.297. The first-order valence-electron chi connectivity index (χ1n) is 1.73. The van der Waals surface area contributed by atoms with Crippen LogP contribution in [0, 0.1) is 0 Å². The van der Waals surface area contributed by atoms with E-state index in [1.165, 1.54) is 0 Å². The molecule has 0 spiro atoms. The Labute approximate surface area is 55.4 Å². The molecular formula is C5H6ClIr. The second-order valence-electron chi connectivity index (χ2n) is 0.804. The van der Waals surface area contributed by atoms with Crippen molar-refractivity contribution < 1.29 is 16.2 Å². The number of hydrogen-bond acceptors (Lipinski definition) is 0. The average molecular weight is 294 g/mol. The van der Waals surface area contributed by atoms with Gasteiger partial charge in [0.25, 0.3) is 0 Å². The molecule has 0 aromatic heterocycles. The van der Waals surface area contributed by atoms with Crippen LogP contribution in [0.25, 0.3) is 0 Å². The van der Waals surface area contributed by atoms with Gasteiger partial charge in [-0.05, 0) is 0 Å². The molecule has 0 saturated carbocycles. The van der Waals surface area contributed by atoms with Crippen molar-refractivity contribution in [1.82, 2.24) is 0 Å². The van der Waals surface area contributed by atoms with Crippen LogP contribution < -0.4 is 0 Å². The van der Waals surface area contributed by atoms with E-state index < -0.39 is 0 Å². The molecule has 0 heterocycles. The fraction of sp³-hybridized carbons (Fsp3) is 0. The normalized spacial score (nSPS) is 13.3. The summed E-state index contributed by atoms with van der Waals surface area (Å²) in [7, 11) is 5.42. The quantitative estimate of drug-likeness (QED) is 0.681. The molecule has 0 N–H and O–H groups in total. The predicted molar refractivity (Wildman–Crippen MR) is 31.3 cm³/mol. The van der Waals surface area contributed by atoms with Gasteiger partial charge in [0, 0.05) is 0 Å². The summed E-state index contributed by atoms with van der Waals surface area (Å²) < 4.78 is 1.98. The Morgan fingerprint density at radius 3 is 2.57 bits per heavy atom. The molecule has 0 fully saturated rings. The van der Waals surface area contributed by atoms with E-state index in [0.29, 0.717) is 0 Å². The van der Waals surface area contributed by atoms with Crippen molar-refractivity contribution in [3.63, 3.8) is 0 Å². The van der Waals surface area contributed by atoms with Crippen LogP contribution >= 0.6 is 9.58 Å². The van der Waals surface area contributed by atoms with E-state index in [-0.39, 0.29) is 16.2 Å². The van der Waals surface area contributed by atoms with Crippen molar-refractivity contribution in [2.45, 2.75) is 0 Å². The summed E-state index contributed by atoms with van der Waals surface area (Å²) in [6.07, 6.45) is 5.51. The van der Waals surface area contributed by atoms with Crippen LogP contribution in [0.1, 0.15) is 0 Å². The molecule has 0 aromatic carbocycles. The number of halogens is 1. The van der Waals surface area contributed by atoms with E-state index >= 15 is 0 Å². The molecule has 0 saturated heterocycles. The van der Waals surface area contributed by atoms with Gasteiger partial charge in [0.2, 0.25) is 0 Å². The third-order valence-electron chi connectivity index (χ3n) is 0.353. The molecule has 42 valence electrons. The standard InChI is InChI=1S/C5H6.ClH.Ir/c1-3-5-4-2;;/h1,3-5H,2H2;1H;/q;;+1/p-1/b5-3-;;. The van der Waals surface area contributed by atoms with Crippen molar-refractivity contribution in [3.8, 4) is 0 Å². The van der Waals surface area contributed by atoms with E-state index in [1.807, 2.05) is 16.7 Å². The summed E-state index contributed by atoms with van der Waals surface area (Å²) in [6, 6.07) is 0. The second-order valence-corrected chi connectivity index (χ2v) is 3.32. The molecule has 0 unspecified atom stereocenters. The van der Waals surface area contributed by atoms with Gasteiger partial charge in [-0.3, -0.25) is 0 Å². The van der Waals surface area contributed by atoms with Crippen molar-refractivity contribution in [2.24, 2.45) is 0 Å². The summed E-state index contributed by atoms with van der Waals surface area (Å²) >= 11 is -0.297. The Hall–Kier alpha value is 0.289. The molecule has 2 heteroatoms. The first-order valence-corrected chi connectivity index (χ1v) is 6.08. The predicted octanol–water partition coefficient (Wildman–Crippen LogP) is 1.77. The molecule has 7 heavy (non-hydrogen) atoms. The topological polar surface area (TPSA) is 0 Å². The van der Waals surface area contributed by atoms with Crippen LogP contribution in [0.5, 0.6) is 0 Å². The fourth-order valence-corrected chi connectivity index (χ4v) is 0.977. The second kappa shape index (κ2) is 6.29. The maximum atomic E-state index is 5.42. The molecular weight excluding hydrogens is 288 g/mol. The summed E-state index contributed by atoms with van der Waals surface area (Å²) in [5.74, 6) is 0. The Morgan fingerprint density at radius 2 is 2.14 bits per heavy atom. The molecule has 0 atom stereocenters. The molecule has 0 aromatic rings. The van der Waals surface area contributed by atoms with Gasteiger partial charge in [0.05, 0.1) is 0 Å². The third-order valence-corrected chi connectivity index (χ3v) is 1.80. The van der Waals surface area contributed by atoms with E-state index in [1.54, 1.807) is 6.08 Å². The van der Waals surface area contributed by atoms with Crippen LogP contribution in [0.3, 0.4) is 0 Å². The molecule has 0 nitrogen and oxygen atoms in total. The SMILES string of the molecule is C=C/C=C\[CH]=[Ir][Cl].